The molecule has 3 rings (SSSR count). The van der Waals surface area contributed by atoms with E-state index in [0.717, 1.165) is 35.7 Å². The molecule has 0 radical (unpaired) electrons. The molecule has 0 spiro atoms. The molecule has 1 fully saturated rings. The molecule has 1 N–H and O–H groups in total. The van der Waals surface area contributed by atoms with Crippen molar-refractivity contribution in [1.29, 1.82) is 0 Å². The van der Waals surface area contributed by atoms with Crippen molar-refractivity contribution < 1.29 is 14.0 Å². The highest BCUT2D eigenvalue weighted by atomic mass is 32.1. The summed E-state index contributed by atoms with van der Waals surface area (Å²) < 4.78 is 5.27. The summed E-state index contributed by atoms with van der Waals surface area (Å²) in [4.78, 5) is 30.4. The third-order valence-corrected chi connectivity index (χ3v) is 5.32. The molecule has 0 aliphatic carbocycles. The van der Waals surface area contributed by atoms with Crippen LogP contribution in [-0.2, 0) is 22.6 Å². The molecule has 7 heteroatoms. The van der Waals surface area contributed by atoms with Gasteiger partial charge in [-0.15, -0.1) is 11.3 Å². The quantitative estimate of drug-likeness (QED) is 0.733. The third kappa shape index (κ3) is 4.92. The van der Waals surface area contributed by atoms with Crippen LogP contribution in [0.4, 0.5) is 0 Å². The zero-order valence-corrected chi connectivity index (χ0v) is 15.2. The van der Waals surface area contributed by atoms with Gasteiger partial charge in [0.05, 0.1) is 23.7 Å². The van der Waals surface area contributed by atoms with E-state index in [9.17, 15) is 9.59 Å². The summed E-state index contributed by atoms with van der Waals surface area (Å²) >= 11 is 1.69. The van der Waals surface area contributed by atoms with Crippen LogP contribution < -0.4 is 5.32 Å². The molecule has 1 saturated heterocycles. The Bertz CT molecular complexity index is 711. The van der Waals surface area contributed by atoms with Crippen LogP contribution in [-0.4, -0.2) is 34.8 Å². The van der Waals surface area contributed by atoms with E-state index in [2.05, 4.69) is 15.7 Å². The van der Waals surface area contributed by atoms with Gasteiger partial charge in [0.1, 0.15) is 5.76 Å². The number of nitrogens with zero attached hydrogens (tertiary/aromatic N) is 2. The lowest BCUT2D eigenvalue weighted by Gasteiger charge is -2.15. The van der Waals surface area contributed by atoms with Crippen LogP contribution in [0.3, 0.4) is 0 Å². The van der Waals surface area contributed by atoms with Gasteiger partial charge in [0.15, 0.2) is 0 Å². The first kappa shape index (κ1) is 17.7. The van der Waals surface area contributed by atoms with Crippen molar-refractivity contribution >= 4 is 23.2 Å². The van der Waals surface area contributed by atoms with E-state index in [1.54, 1.807) is 28.6 Å². The Hall–Kier alpha value is -2.15. The molecule has 25 heavy (non-hydrogen) atoms. The Labute approximate surface area is 151 Å². The van der Waals surface area contributed by atoms with E-state index >= 15 is 0 Å². The second-order valence-electron chi connectivity index (χ2n) is 6.39. The van der Waals surface area contributed by atoms with E-state index in [-0.39, 0.29) is 24.2 Å². The minimum Gasteiger partial charge on any atom is -0.467 e. The first-order chi connectivity index (χ1) is 12.1. The number of furan rings is 1. The van der Waals surface area contributed by atoms with E-state index in [1.165, 1.54) is 0 Å². The maximum absolute atomic E-state index is 12.3. The molecule has 134 valence electrons. The van der Waals surface area contributed by atoms with Crippen molar-refractivity contribution in [2.75, 3.05) is 13.1 Å². The molecule has 0 bridgehead atoms. The Morgan fingerprint density at radius 2 is 2.36 bits per heavy atom. The maximum atomic E-state index is 12.3. The standard InChI is InChI=1S/C18H23N3O3S/c1-13-12-25-16(20-13)6-2-3-7-19-18(23)14-9-17(22)21(10-14)11-15-5-4-8-24-15/h4-5,8,12,14H,2-3,6-7,9-11H2,1H3,(H,19,23)/t14-/m1/s1. The molecule has 3 heterocycles. The van der Waals surface area contributed by atoms with Crippen molar-refractivity contribution in [3.05, 3.63) is 40.2 Å². The number of thiazole rings is 1. The number of carbonyl (C=O) groups excluding carboxylic acids is 2. The van der Waals surface area contributed by atoms with Gasteiger partial charge < -0.3 is 14.6 Å². The van der Waals surface area contributed by atoms with Crippen LogP contribution in [0.25, 0.3) is 0 Å². The van der Waals surface area contributed by atoms with Crippen molar-refractivity contribution in [2.45, 2.75) is 39.2 Å². The van der Waals surface area contributed by atoms with E-state index in [4.69, 9.17) is 4.42 Å². The SMILES string of the molecule is Cc1csc(CCCCNC(=O)[C@@H]2CC(=O)N(Cc3ccco3)C2)n1. The van der Waals surface area contributed by atoms with Crippen molar-refractivity contribution in [3.63, 3.8) is 0 Å². The van der Waals surface area contributed by atoms with Gasteiger partial charge in [-0.05, 0) is 38.3 Å². The predicted octanol–water partition coefficient (Wildman–Crippen LogP) is 2.53. The van der Waals surface area contributed by atoms with Crippen molar-refractivity contribution in [2.24, 2.45) is 5.92 Å². The van der Waals surface area contributed by atoms with Gasteiger partial charge in [-0.3, -0.25) is 9.59 Å². The van der Waals surface area contributed by atoms with Crippen LogP contribution in [0.2, 0.25) is 0 Å². The largest absolute Gasteiger partial charge is 0.467 e. The molecule has 1 aliphatic rings. The Balaban J connectivity index is 1.35. The molecular formula is C18H23N3O3S. The highest BCUT2D eigenvalue weighted by Crippen LogP contribution is 2.20. The van der Waals surface area contributed by atoms with E-state index in [1.807, 2.05) is 13.0 Å². The molecule has 0 unspecified atom stereocenters. The van der Waals surface area contributed by atoms with Crippen LogP contribution in [0.5, 0.6) is 0 Å². The van der Waals surface area contributed by atoms with Crippen LogP contribution in [0, 0.1) is 12.8 Å². The maximum Gasteiger partial charge on any atom is 0.225 e. The number of rotatable bonds is 8. The molecule has 1 atom stereocenters. The number of nitrogens with one attached hydrogen (secondary N) is 1. The summed E-state index contributed by atoms with van der Waals surface area (Å²) in [6.07, 6.45) is 4.74. The average molecular weight is 361 g/mol. The summed E-state index contributed by atoms with van der Waals surface area (Å²) in [5, 5.41) is 6.17. The summed E-state index contributed by atoms with van der Waals surface area (Å²) in [5.41, 5.74) is 1.07. The van der Waals surface area contributed by atoms with Gasteiger partial charge in [0.25, 0.3) is 0 Å². The van der Waals surface area contributed by atoms with Crippen molar-refractivity contribution in [1.82, 2.24) is 15.2 Å². The lowest BCUT2D eigenvalue weighted by atomic mass is 10.1. The van der Waals surface area contributed by atoms with Gasteiger partial charge in [-0.25, -0.2) is 4.98 Å². The Morgan fingerprint density at radius 1 is 1.48 bits per heavy atom. The number of carbonyl (C=O) groups is 2. The fourth-order valence-corrected chi connectivity index (χ4v) is 3.78. The molecule has 2 aromatic heterocycles. The fraction of sp³-hybridized carbons (Fsp3) is 0.500. The van der Waals surface area contributed by atoms with Crippen LogP contribution in [0.1, 0.15) is 35.7 Å². The number of aryl methyl sites for hydroxylation is 2. The molecule has 0 aromatic carbocycles. The molecule has 0 saturated carbocycles. The van der Waals surface area contributed by atoms with Gasteiger partial charge in [-0.1, -0.05) is 0 Å². The topological polar surface area (TPSA) is 75.4 Å². The lowest BCUT2D eigenvalue weighted by Crippen LogP contribution is -2.33. The number of unbranched alkanes of at least 4 members (excludes halogenated alkanes) is 1. The molecule has 2 amide bonds. The fourth-order valence-electron chi connectivity index (χ4n) is 2.97. The number of likely N-dealkylation sites (tertiary alicyclic amines) is 1. The zero-order valence-electron chi connectivity index (χ0n) is 14.4. The summed E-state index contributed by atoms with van der Waals surface area (Å²) in [7, 11) is 0. The normalized spacial score (nSPS) is 17.2. The zero-order chi connectivity index (χ0) is 17.6. The van der Waals surface area contributed by atoms with Crippen molar-refractivity contribution in [3.8, 4) is 0 Å². The Kier molecular flexibility index (Phi) is 5.86. The van der Waals surface area contributed by atoms with Gasteiger partial charge in [0, 0.05) is 30.6 Å². The monoisotopic (exact) mass is 361 g/mol. The summed E-state index contributed by atoms with van der Waals surface area (Å²) in [6, 6.07) is 3.64. The second-order valence-corrected chi connectivity index (χ2v) is 7.33. The van der Waals surface area contributed by atoms with E-state index in [0.29, 0.717) is 19.6 Å². The predicted molar refractivity (Wildman–Crippen MR) is 95.0 cm³/mol. The highest BCUT2D eigenvalue weighted by Gasteiger charge is 2.34. The van der Waals surface area contributed by atoms with Gasteiger partial charge in [-0.2, -0.15) is 0 Å². The minimum atomic E-state index is -0.260. The summed E-state index contributed by atoms with van der Waals surface area (Å²) in [6.45, 7) is 3.54. The van der Waals surface area contributed by atoms with Gasteiger partial charge >= 0.3 is 0 Å². The Morgan fingerprint density at radius 3 is 3.08 bits per heavy atom. The smallest absolute Gasteiger partial charge is 0.225 e. The number of hydrogen-bond donors (Lipinski definition) is 1. The average Bonchev–Trinajstić information content (AvgIpc) is 3.31. The summed E-state index contributed by atoms with van der Waals surface area (Å²) in [5.74, 6) is 0.465. The minimum absolute atomic E-state index is 0.00990. The highest BCUT2D eigenvalue weighted by molar-refractivity contribution is 7.09. The molecular weight excluding hydrogens is 338 g/mol. The first-order valence-corrected chi connectivity index (χ1v) is 9.48. The number of amides is 2. The lowest BCUT2D eigenvalue weighted by molar-refractivity contribution is -0.129. The second kappa shape index (κ2) is 8.29. The number of aromatic nitrogens is 1. The molecule has 6 nitrogen and oxygen atoms in total. The molecule has 2 aromatic rings. The first-order valence-electron chi connectivity index (χ1n) is 8.60. The third-order valence-electron chi connectivity index (χ3n) is 4.30. The number of hydrogen-bond acceptors (Lipinski definition) is 5. The van der Waals surface area contributed by atoms with Crippen LogP contribution in [0.15, 0.2) is 28.2 Å². The van der Waals surface area contributed by atoms with Crippen LogP contribution >= 0.6 is 11.3 Å². The molecule has 1 aliphatic heterocycles. The van der Waals surface area contributed by atoms with Gasteiger partial charge in [0.2, 0.25) is 11.8 Å². The van der Waals surface area contributed by atoms with E-state index < -0.39 is 0 Å².